The van der Waals surface area contributed by atoms with E-state index in [4.69, 9.17) is 0 Å². The first-order valence-electron chi connectivity index (χ1n) is 5.82. The van der Waals surface area contributed by atoms with Gasteiger partial charge in [0.2, 0.25) is 0 Å². The van der Waals surface area contributed by atoms with E-state index in [1.807, 2.05) is 49.4 Å². The van der Waals surface area contributed by atoms with Crippen LogP contribution in [0.4, 0.5) is 0 Å². The predicted molar refractivity (Wildman–Crippen MR) is 74.6 cm³/mol. The fourth-order valence-corrected chi connectivity index (χ4v) is 1.86. The third-order valence-corrected chi connectivity index (χ3v) is 2.67. The highest BCUT2D eigenvalue weighted by atomic mass is 14.8. The van der Waals surface area contributed by atoms with Crippen LogP contribution in [0.25, 0.3) is 5.57 Å². The summed E-state index contributed by atoms with van der Waals surface area (Å²) < 4.78 is 0. The Bertz CT molecular complexity index is 503. The van der Waals surface area contributed by atoms with Crippen LogP contribution in [0.3, 0.4) is 0 Å². The predicted octanol–water partition coefficient (Wildman–Crippen LogP) is 3.00. The summed E-state index contributed by atoms with van der Waals surface area (Å²) in [5.74, 6) is 0. The standard InChI is InChI=1S/C15H15N3/c1-3-13(14-9-10-17-11-18-14)15(16-2)12-7-5-4-6-8-12/h3-11H,1-2H3/b13-3-,16-15-. The molecule has 0 aliphatic carbocycles. The normalized spacial score (nSPS) is 12.6. The molecule has 0 saturated carbocycles. The molecule has 2 aromatic rings. The fraction of sp³-hybridized carbons (Fsp3) is 0.133. The van der Waals surface area contributed by atoms with E-state index in [-0.39, 0.29) is 0 Å². The molecule has 18 heavy (non-hydrogen) atoms. The third kappa shape index (κ3) is 2.51. The lowest BCUT2D eigenvalue weighted by Gasteiger charge is -2.09. The minimum Gasteiger partial charge on any atom is -0.287 e. The number of allylic oxidation sites excluding steroid dienone is 2. The molecule has 0 aliphatic heterocycles. The highest BCUT2D eigenvalue weighted by Gasteiger charge is 2.11. The summed E-state index contributed by atoms with van der Waals surface area (Å²) in [6.45, 7) is 1.99. The van der Waals surface area contributed by atoms with E-state index < -0.39 is 0 Å². The summed E-state index contributed by atoms with van der Waals surface area (Å²) in [6, 6.07) is 12.0. The molecule has 0 bridgehead atoms. The van der Waals surface area contributed by atoms with Crippen molar-refractivity contribution in [3.8, 4) is 0 Å². The van der Waals surface area contributed by atoms with Gasteiger partial charge < -0.3 is 0 Å². The van der Waals surface area contributed by atoms with Crippen molar-refractivity contribution in [1.29, 1.82) is 0 Å². The van der Waals surface area contributed by atoms with E-state index >= 15 is 0 Å². The van der Waals surface area contributed by atoms with Crippen molar-refractivity contribution < 1.29 is 0 Å². The monoisotopic (exact) mass is 237 g/mol. The van der Waals surface area contributed by atoms with Gasteiger partial charge in [-0.15, -0.1) is 0 Å². The molecule has 0 atom stereocenters. The summed E-state index contributed by atoms with van der Waals surface area (Å²) >= 11 is 0. The summed E-state index contributed by atoms with van der Waals surface area (Å²) in [4.78, 5) is 12.6. The molecule has 90 valence electrons. The quantitative estimate of drug-likeness (QED) is 0.770. The van der Waals surface area contributed by atoms with Gasteiger partial charge in [0.05, 0.1) is 11.4 Å². The first-order chi connectivity index (χ1) is 8.86. The number of benzene rings is 1. The number of nitrogens with zero attached hydrogens (tertiary/aromatic N) is 3. The molecule has 0 amide bonds. The van der Waals surface area contributed by atoms with Gasteiger partial charge in [-0.3, -0.25) is 4.99 Å². The molecule has 0 spiro atoms. The van der Waals surface area contributed by atoms with Crippen molar-refractivity contribution in [2.75, 3.05) is 7.05 Å². The summed E-state index contributed by atoms with van der Waals surface area (Å²) in [5, 5.41) is 0. The Kier molecular flexibility index (Phi) is 3.97. The Morgan fingerprint density at radius 3 is 2.50 bits per heavy atom. The zero-order valence-electron chi connectivity index (χ0n) is 10.5. The van der Waals surface area contributed by atoms with Crippen molar-refractivity contribution in [3.05, 3.63) is 66.3 Å². The molecule has 2 rings (SSSR count). The van der Waals surface area contributed by atoms with Gasteiger partial charge in [0.15, 0.2) is 0 Å². The highest BCUT2D eigenvalue weighted by Crippen LogP contribution is 2.18. The van der Waals surface area contributed by atoms with Crippen LogP contribution in [0.1, 0.15) is 18.2 Å². The van der Waals surface area contributed by atoms with E-state index in [2.05, 4.69) is 15.0 Å². The van der Waals surface area contributed by atoms with Gasteiger partial charge in [0.1, 0.15) is 6.33 Å². The number of aromatic nitrogens is 2. The molecule has 0 unspecified atom stereocenters. The first-order valence-corrected chi connectivity index (χ1v) is 5.82. The van der Waals surface area contributed by atoms with Gasteiger partial charge in [0.25, 0.3) is 0 Å². The second-order valence-electron chi connectivity index (χ2n) is 3.74. The van der Waals surface area contributed by atoms with Crippen LogP contribution < -0.4 is 0 Å². The fourth-order valence-electron chi connectivity index (χ4n) is 1.86. The Hall–Kier alpha value is -2.29. The van der Waals surface area contributed by atoms with Crippen molar-refractivity contribution in [1.82, 2.24) is 9.97 Å². The number of aliphatic imine (C=N–C) groups is 1. The van der Waals surface area contributed by atoms with Crippen LogP contribution in [0.5, 0.6) is 0 Å². The van der Waals surface area contributed by atoms with Gasteiger partial charge in [-0.25, -0.2) is 9.97 Å². The van der Waals surface area contributed by atoms with Gasteiger partial charge in [-0.05, 0) is 13.0 Å². The van der Waals surface area contributed by atoms with Crippen LogP contribution in [0, 0.1) is 0 Å². The summed E-state index contributed by atoms with van der Waals surface area (Å²) in [5.41, 5.74) is 3.94. The first kappa shape index (κ1) is 12.2. The van der Waals surface area contributed by atoms with Crippen molar-refractivity contribution in [3.63, 3.8) is 0 Å². The van der Waals surface area contributed by atoms with Gasteiger partial charge in [0, 0.05) is 24.4 Å². The maximum atomic E-state index is 4.39. The number of hydrogen-bond donors (Lipinski definition) is 0. The molecular weight excluding hydrogens is 222 g/mol. The largest absolute Gasteiger partial charge is 0.287 e. The van der Waals surface area contributed by atoms with Crippen LogP contribution in [-0.4, -0.2) is 22.7 Å². The van der Waals surface area contributed by atoms with Gasteiger partial charge in [-0.2, -0.15) is 0 Å². The van der Waals surface area contributed by atoms with Crippen molar-refractivity contribution >= 4 is 11.3 Å². The molecule has 1 aromatic carbocycles. The van der Waals surface area contributed by atoms with Crippen LogP contribution >= 0.6 is 0 Å². The lowest BCUT2D eigenvalue weighted by Crippen LogP contribution is -2.05. The SMILES string of the molecule is C/C=C(\C(=N/C)c1ccccc1)c1ccncn1. The molecule has 0 fully saturated rings. The van der Waals surface area contributed by atoms with Crippen molar-refractivity contribution in [2.24, 2.45) is 4.99 Å². The zero-order valence-corrected chi connectivity index (χ0v) is 10.5. The van der Waals surface area contributed by atoms with Gasteiger partial charge >= 0.3 is 0 Å². The smallest absolute Gasteiger partial charge is 0.116 e. The lowest BCUT2D eigenvalue weighted by molar-refractivity contribution is 1.14. The van der Waals surface area contributed by atoms with Gasteiger partial charge in [-0.1, -0.05) is 36.4 Å². The molecule has 0 N–H and O–H groups in total. The molecule has 0 aliphatic rings. The average molecular weight is 237 g/mol. The maximum Gasteiger partial charge on any atom is 0.116 e. The van der Waals surface area contributed by atoms with Crippen LogP contribution in [0.15, 0.2) is 60.0 Å². The van der Waals surface area contributed by atoms with E-state index in [0.29, 0.717) is 0 Å². The van der Waals surface area contributed by atoms with Crippen LogP contribution in [0.2, 0.25) is 0 Å². The third-order valence-electron chi connectivity index (χ3n) is 2.67. The summed E-state index contributed by atoms with van der Waals surface area (Å²) in [7, 11) is 1.80. The van der Waals surface area contributed by atoms with E-state index in [1.165, 1.54) is 0 Å². The van der Waals surface area contributed by atoms with Crippen molar-refractivity contribution in [2.45, 2.75) is 6.92 Å². The number of rotatable bonds is 3. The van der Waals surface area contributed by atoms with Crippen LogP contribution in [-0.2, 0) is 0 Å². The topological polar surface area (TPSA) is 38.1 Å². The molecule has 1 heterocycles. The molecular formula is C15H15N3. The molecule has 0 saturated heterocycles. The Morgan fingerprint density at radius 2 is 1.94 bits per heavy atom. The van der Waals surface area contributed by atoms with E-state index in [9.17, 15) is 0 Å². The molecule has 1 aromatic heterocycles. The Balaban J connectivity index is 2.45. The second kappa shape index (κ2) is 5.87. The zero-order chi connectivity index (χ0) is 12.8. The average Bonchev–Trinajstić information content (AvgIpc) is 2.46. The molecule has 0 radical (unpaired) electrons. The number of hydrogen-bond acceptors (Lipinski definition) is 3. The lowest BCUT2D eigenvalue weighted by atomic mass is 9.99. The molecule has 3 nitrogen and oxygen atoms in total. The van der Waals surface area contributed by atoms with E-state index in [1.54, 1.807) is 19.6 Å². The highest BCUT2D eigenvalue weighted by molar-refractivity contribution is 6.31. The minimum absolute atomic E-state index is 0.886. The Morgan fingerprint density at radius 1 is 1.17 bits per heavy atom. The maximum absolute atomic E-state index is 4.39. The van der Waals surface area contributed by atoms with E-state index in [0.717, 1.165) is 22.5 Å². The minimum atomic E-state index is 0.886. The molecule has 3 heteroatoms. The second-order valence-corrected chi connectivity index (χ2v) is 3.74. The summed E-state index contributed by atoms with van der Waals surface area (Å²) in [6.07, 6.45) is 5.32. The Labute approximate surface area is 107 Å².